The van der Waals surface area contributed by atoms with Crippen LogP contribution in [0.4, 0.5) is 0 Å². The number of thiocarbonyl (C=S) groups is 1. The van der Waals surface area contributed by atoms with Gasteiger partial charge in [-0.3, -0.25) is 0 Å². The topological polar surface area (TPSA) is 21.3 Å². The van der Waals surface area contributed by atoms with Gasteiger partial charge >= 0.3 is 0 Å². The van der Waals surface area contributed by atoms with E-state index in [9.17, 15) is 0 Å². The first-order chi connectivity index (χ1) is 5.33. The lowest BCUT2D eigenvalue weighted by Gasteiger charge is -2.24. The van der Waals surface area contributed by atoms with Gasteiger partial charge in [-0.05, 0) is 30.6 Å². The number of hydrogen-bond acceptors (Lipinski definition) is 3. The third-order valence-electron chi connectivity index (χ3n) is 1.65. The highest BCUT2D eigenvalue weighted by Gasteiger charge is 2.15. The number of hydrogen-bond donors (Lipinski definition) is 1. The molecular formula is C7H13NOS2. The summed E-state index contributed by atoms with van der Waals surface area (Å²) in [6.45, 7) is 0.970. The van der Waals surface area contributed by atoms with Crippen molar-refractivity contribution in [3.63, 3.8) is 0 Å². The average molecular weight is 191 g/mol. The Labute approximate surface area is 77.1 Å². The number of rotatable bonds is 3. The van der Waals surface area contributed by atoms with Crippen LogP contribution < -0.4 is 5.32 Å². The van der Waals surface area contributed by atoms with Gasteiger partial charge in [0.05, 0.1) is 0 Å². The lowest BCUT2D eigenvalue weighted by Crippen LogP contribution is -2.37. The smallest absolute Gasteiger partial charge is 0.256 e. The van der Waals surface area contributed by atoms with Gasteiger partial charge in [0.1, 0.15) is 6.10 Å². The largest absolute Gasteiger partial charge is 0.468 e. The molecule has 1 aliphatic rings. The molecule has 0 spiro atoms. The van der Waals surface area contributed by atoms with Gasteiger partial charge in [0.2, 0.25) is 0 Å². The van der Waals surface area contributed by atoms with Gasteiger partial charge in [-0.15, -0.1) is 0 Å². The summed E-state index contributed by atoms with van der Waals surface area (Å²) in [6.07, 6.45) is 4.67. The van der Waals surface area contributed by atoms with Crippen molar-refractivity contribution in [3.8, 4) is 0 Å². The van der Waals surface area contributed by atoms with Crippen LogP contribution in [0.2, 0.25) is 0 Å². The molecule has 1 saturated heterocycles. The molecule has 1 atom stereocenters. The van der Waals surface area contributed by atoms with Gasteiger partial charge in [-0.25, -0.2) is 0 Å². The molecule has 0 aliphatic carbocycles. The van der Waals surface area contributed by atoms with E-state index in [4.69, 9.17) is 17.0 Å². The molecule has 1 fully saturated rings. The minimum Gasteiger partial charge on any atom is -0.468 e. The Morgan fingerprint density at radius 1 is 1.82 bits per heavy atom. The lowest BCUT2D eigenvalue weighted by molar-refractivity contribution is 0.152. The predicted molar refractivity (Wildman–Crippen MR) is 53.1 cm³/mol. The van der Waals surface area contributed by atoms with Crippen molar-refractivity contribution in [2.45, 2.75) is 18.9 Å². The summed E-state index contributed by atoms with van der Waals surface area (Å²) >= 11 is 6.75. The van der Waals surface area contributed by atoms with Gasteiger partial charge in [0.25, 0.3) is 5.17 Å². The zero-order valence-corrected chi connectivity index (χ0v) is 8.26. The second-order valence-corrected chi connectivity index (χ2v) is 3.88. The first kappa shape index (κ1) is 9.13. The van der Waals surface area contributed by atoms with Crippen LogP contribution in [0.25, 0.3) is 0 Å². The van der Waals surface area contributed by atoms with E-state index in [1.54, 1.807) is 0 Å². The quantitative estimate of drug-likeness (QED) is 0.681. The first-order valence-corrected chi connectivity index (χ1v) is 5.56. The van der Waals surface area contributed by atoms with Crippen molar-refractivity contribution in [1.82, 2.24) is 5.32 Å². The molecular weight excluding hydrogens is 178 g/mol. The molecule has 1 aliphatic heterocycles. The molecule has 1 rings (SSSR count). The Hall–Kier alpha value is 0.0400. The second kappa shape index (κ2) is 4.83. The molecule has 0 bridgehead atoms. The average Bonchev–Trinajstić information content (AvgIpc) is 2.01. The molecule has 0 unspecified atom stereocenters. The highest BCUT2D eigenvalue weighted by molar-refractivity contribution is 7.98. The van der Waals surface area contributed by atoms with Crippen molar-refractivity contribution in [3.05, 3.63) is 0 Å². The summed E-state index contributed by atoms with van der Waals surface area (Å²) in [5.41, 5.74) is 0. The lowest BCUT2D eigenvalue weighted by atomic mass is 10.2. The van der Waals surface area contributed by atoms with Crippen LogP contribution in [0.1, 0.15) is 12.8 Å². The van der Waals surface area contributed by atoms with Crippen LogP contribution in [0.3, 0.4) is 0 Å². The minimum absolute atomic E-state index is 0.358. The molecule has 11 heavy (non-hydrogen) atoms. The Morgan fingerprint density at radius 2 is 2.64 bits per heavy atom. The number of ether oxygens (including phenoxy) is 1. The molecule has 4 heteroatoms. The minimum atomic E-state index is 0.358. The maximum atomic E-state index is 5.40. The summed E-state index contributed by atoms with van der Waals surface area (Å²) in [5.74, 6) is 1.16. The van der Waals surface area contributed by atoms with Crippen molar-refractivity contribution in [2.75, 3.05) is 18.6 Å². The van der Waals surface area contributed by atoms with Crippen molar-refractivity contribution >= 4 is 29.2 Å². The van der Waals surface area contributed by atoms with E-state index in [0.717, 1.165) is 25.1 Å². The maximum Gasteiger partial charge on any atom is 0.256 e. The fraction of sp³-hybridized carbons (Fsp3) is 0.857. The highest BCUT2D eigenvalue weighted by Crippen LogP contribution is 2.10. The van der Waals surface area contributed by atoms with Crippen LogP contribution in [0, 0.1) is 0 Å². The van der Waals surface area contributed by atoms with Gasteiger partial charge in [-0.1, -0.05) is 0 Å². The standard InChI is InChI=1S/C7H13NOS2/c1-11-5-3-6-2-4-8-7(10)9-6/h6H,2-5H2,1H3,(H,8,10)/t6-/m1/s1. The molecule has 1 heterocycles. The van der Waals surface area contributed by atoms with Crippen molar-refractivity contribution < 1.29 is 4.74 Å². The molecule has 0 aromatic carbocycles. The normalized spacial score (nSPS) is 24.1. The van der Waals surface area contributed by atoms with E-state index >= 15 is 0 Å². The predicted octanol–water partition coefficient (Wildman–Crippen LogP) is 1.40. The van der Waals surface area contributed by atoms with Gasteiger partial charge in [-0.2, -0.15) is 11.8 Å². The summed E-state index contributed by atoms with van der Waals surface area (Å²) in [5, 5.41) is 3.56. The van der Waals surface area contributed by atoms with Gasteiger partial charge in [0, 0.05) is 13.0 Å². The Bertz CT molecular complexity index is 140. The van der Waals surface area contributed by atoms with E-state index in [1.807, 2.05) is 11.8 Å². The van der Waals surface area contributed by atoms with Crippen LogP contribution in [-0.4, -0.2) is 29.8 Å². The van der Waals surface area contributed by atoms with E-state index in [0.29, 0.717) is 11.3 Å². The SMILES string of the molecule is CSCC[C@H]1CCNC(=S)O1. The summed E-state index contributed by atoms with van der Waals surface area (Å²) < 4.78 is 5.40. The van der Waals surface area contributed by atoms with E-state index < -0.39 is 0 Å². The van der Waals surface area contributed by atoms with Gasteiger partial charge in [0.15, 0.2) is 0 Å². The number of thioether (sulfide) groups is 1. The van der Waals surface area contributed by atoms with Crippen LogP contribution in [0.15, 0.2) is 0 Å². The Balaban J connectivity index is 2.17. The van der Waals surface area contributed by atoms with Crippen LogP contribution >= 0.6 is 24.0 Å². The highest BCUT2D eigenvalue weighted by atomic mass is 32.2. The molecule has 0 saturated carbocycles. The summed E-state index contributed by atoms with van der Waals surface area (Å²) in [7, 11) is 0. The van der Waals surface area contributed by atoms with Crippen molar-refractivity contribution in [2.24, 2.45) is 0 Å². The molecule has 0 aromatic heterocycles. The molecule has 0 aromatic rings. The molecule has 2 nitrogen and oxygen atoms in total. The zero-order chi connectivity index (χ0) is 8.10. The molecule has 0 radical (unpaired) electrons. The summed E-state index contributed by atoms with van der Waals surface area (Å²) in [4.78, 5) is 0. The summed E-state index contributed by atoms with van der Waals surface area (Å²) in [6, 6.07) is 0. The second-order valence-electron chi connectivity index (χ2n) is 2.52. The third kappa shape index (κ3) is 3.29. The first-order valence-electron chi connectivity index (χ1n) is 3.76. The molecule has 64 valence electrons. The molecule has 1 N–H and O–H groups in total. The van der Waals surface area contributed by atoms with Gasteiger partial charge < -0.3 is 10.1 Å². The van der Waals surface area contributed by atoms with Crippen LogP contribution in [0.5, 0.6) is 0 Å². The van der Waals surface area contributed by atoms with E-state index in [-0.39, 0.29) is 0 Å². The van der Waals surface area contributed by atoms with E-state index in [2.05, 4.69) is 11.6 Å². The fourth-order valence-corrected chi connectivity index (χ4v) is 1.78. The monoisotopic (exact) mass is 191 g/mol. The van der Waals surface area contributed by atoms with E-state index in [1.165, 1.54) is 0 Å². The third-order valence-corrected chi connectivity index (χ3v) is 2.54. The Morgan fingerprint density at radius 3 is 3.27 bits per heavy atom. The van der Waals surface area contributed by atoms with Crippen molar-refractivity contribution in [1.29, 1.82) is 0 Å². The number of nitrogens with one attached hydrogen (secondary N) is 1. The Kier molecular flexibility index (Phi) is 4.01. The zero-order valence-electron chi connectivity index (χ0n) is 6.63. The maximum absolute atomic E-state index is 5.40. The molecule has 0 amide bonds. The van der Waals surface area contributed by atoms with Crippen LogP contribution in [-0.2, 0) is 4.74 Å². The fourth-order valence-electron chi connectivity index (χ4n) is 1.04.